The maximum atomic E-state index is 14.8. The normalized spacial score (nSPS) is 11.8. The Morgan fingerprint density at radius 2 is 1.85 bits per heavy atom. The molecule has 10 heteroatoms. The molecular formula is C23H23F2N5O3. The number of fused-ring (bicyclic) bond motifs is 1. The molecule has 8 nitrogen and oxygen atoms in total. The predicted octanol–water partition coefficient (Wildman–Crippen LogP) is 4.10. The number of aryl methyl sites for hydroxylation is 1. The van der Waals surface area contributed by atoms with E-state index in [0.29, 0.717) is 27.7 Å². The first-order valence-corrected chi connectivity index (χ1v) is 10.3. The van der Waals surface area contributed by atoms with Crippen molar-refractivity contribution in [2.45, 2.75) is 32.8 Å². The van der Waals surface area contributed by atoms with Gasteiger partial charge in [0.1, 0.15) is 22.9 Å². The van der Waals surface area contributed by atoms with Crippen LogP contribution in [0.3, 0.4) is 0 Å². The lowest BCUT2D eigenvalue weighted by atomic mass is 10.0. The van der Waals surface area contributed by atoms with Crippen molar-refractivity contribution >= 4 is 17.0 Å². The van der Waals surface area contributed by atoms with Crippen molar-refractivity contribution in [3.05, 3.63) is 54.0 Å². The molecule has 0 spiro atoms. The van der Waals surface area contributed by atoms with Gasteiger partial charge in [-0.1, -0.05) is 0 Å². The Morgan fingerprint density at radius 3 is 2.42 bits per heavy atom. The molecule has 0 aliphatic carbocycles. The quantitative estimate of drug-likeness (QED) is 0.498. The van der Waals surface area contributed by atoms with Gasteiger partial charge in [-0.15, -0.1) is 0 Å². The van der Waals surface area contributed by atoms with Crippen LogP contribution < -0.4 is 0 Å². The number of hydrogen-bond acceptors (Lipinski definition) is 6. The summed E-state index contributed by atoms with van der Waals surface area (Å²) in [5.74, 6) is -1.60. The SMILES string of the molecule is Cn1cc(-c2nn(C(=O)OC(C)(C)C)c3cnc(-c4c(F)cc(CCO)cc4F)cc23)cn1. The predicted molar refractivity (Wildman–Crippen MR) is 118 cm³/mol. The molecule has 0 atom stereocenters. The van der Waals surface area contributed by atoms with Gasteiger partial charge >= 0.3 is 6.09 Å². The third-order valence-corrected chi connectivity index (χ3v) is 4.87. The van der Waals surface area contributed by atoms with Crippen molar-refractivity contribution < 1.29 is 23.4 Å². The van der Waals surface area contributed by atoms with E-state index in [2.05, 4.69) is 15.2 Å². The van der Waals surface area contributed by atoms with Crippen molar-refractivity contribution in [3.8, 4) is 22.5 Å². The summed E-state index contributed by atoms with van der Waals surface area (Å²) >= 11 is 0. The largest absolute Gasteiger partial charge is 0.442 e. The highest BCUT2D eigenvalue weighted by Gasteiger charge is 2.25. The van der Waals surface area contributed by atoms with Crippen LogP contribution in [0.4, 0.5) is 13.6 Å². The second-order valence-electron chi connectivity index (χ2n) is 8.64. The number of aliphatic hydroxyl groups excluding tert-OH is 1. The van der Waals surface area contributed by atoms with E-state index in [-0.39, 0.29) is 24.3 Å². The van der Waals surface area contributed by atoms with Crippen LogP contribution >= 0.6 is 0 Å². The standard InChI is InChI=1S/C23H23F2N5O3/c1-23(2,3)33-22(32)30-19-11-26-18(20-16(24)7-13(5-6-31)8-17(20)25)9-15(19)21(28-30)14-10-27-29(4)12-14/h7-12,31H,5-6H2,1-4H3. The van der Waals surface area contributed by atoms with E-state index in [0.717, 1.165) is 4.68 Å². The van der Waals surface area contributed by atoms with E-state index in [1.807, 2.05) is 0 Å². The molecule has 0 aliphatic rings. The number of aliphatic hydroxyl groups is 1. The van der Waals surface area contributed by atoms with Crippen molar-refractivity contribution in [2.75, 3.05) is 6.61 Å². The number of halogens is 2. The van der Waals surface area contributed by atoms with Crippen LogP contribution in [0.5, 0.6) is 0 Å². The number of aromatic nitrogens is 5. The Labute approximate surface area is 188 Å². The number of benzene rings is 1. The number of pyridine rings is 1. The molecule has 0 amide bonds. The van der Waals surface area contributed by atoms with Crippen molar-refractivity contribution in [1.82, 2.24) is 24.5 Å². The molecule has 0 saturated heterocycles. The molecule has 1 aromatic carbocycles. The highest BCUT2D eigenvalue weighted by Crippen LogP contribution is 2.33. The smallest absolute Gasteiger partial charge is 0.435 e. The van der Waals surface area contributed by atoms with Gasteiger partial charge in [0.25, 0.3) is 0 Å². The number of rotatable bonds is 4. The summed E-state index contributed by atoms with van der Waals surface area (Å²) in [5, 5.41) is 18.1. The molecule has 172 valence electrons. The second kappa shape index (κ2) is 8.36. The first-order chi connectivity index (χ1) is 15.6. The van der Waals surface area contributed by atoms with Crippen LogP contribution in [0.25, 0.3) is 33.4 Å². The Bertz CT molecular complexity index is 1330. The summed E-state index contributed by atoms with van der Waals surface area (Å²) in [4.78, 5) is 17.0. The first kappa shape index (κ1) is 22.5. The van der Waals surface area contributed by atoms with Gasteiger partial charge in [0.15, 0.2) is 0 Å². The van der Waals surface area contributed by atoms with Gasteiger partial charge in [-0.3, -0.25) is 9.67 Å². The van der Waals surface area contributed by atoms with Crippen LogP contribution in [-0.4, -0.2) is 48.0 Å². The van der Waals surface area contributed by atoms with E-state index in [1.54, 1.807) is 44.9 Å². The number of hydrogen-bond donors (Lipinski definition) is 1. The molecule has 3 aromatic heterocycles. The number of carbonyl (C=O) groups excluding carboxylic acids is 1. The third kappa shape index (κ3) is 4.47. The Balaban J connectivity index is 1.90. The summed E-state index contributed by atoms with van der Waals surface area (Å²) in [7, 11) is 1.74. The van der Waals surface area contributed by atoms with Crippen molar-refractivity contribution in [2.24, 2.45) is 7.05 Å². The minimum atomic E-state index is -0.798. The van der Waals surface area contributed by atoms with Crippen molar-refractivity contribution in [1.29, 1.82) is 0 Å². The van der Waals surface area contributed by atoms with E-state index in [4.69, 9.17) is 9.84 Å². The van der Waals surface area contributed by atoms with Gasteiger partial charge in [0.05, 0.1) is 29.2 Å². The zero-order valence-electron chi connectivity index (χ0n) is 18.6. The Kier molecular flexibility index (Phi) is 5.71. The lowest BCUT2D eigenvalue weighted by Crippen LogP contribution is -2.27. The van der Waals surface area contributed by atoms with Crippen LogP contribution in [-0.2, 0) is 18.2 Å². The minimum absolute atomic E-state index is 0.0435. The lowest BCUT2D eigenvalue weighted by molar-refractivity contribution is 0.0523. The Morgan fingerprint density at radius 1 is 1.15 bits per heavy atom. The number of carbonyl (C=O) groups is 1. The van der Waals surface area contributed by atoms with Gasteiger partial charge in [0.2, 0.25) is 0 Å². The van der Waals surface area contributed by atoms with Gasteiger partial charge in [-0.05, 0) is 51.0 Å². The molecule has 1 N–H and O–H groups in total. The molecule has 3 heterocycles. The van der Waals surface area contributed by atoms with Gasteiger partial charge in [-0.2, -0.15) is 14.9 Å². The monoisotopic (exact) mass is 455 g/mol. The van der Waals surface area contributed by atoms with Gasteiger partial charge in [-0.25, -0.2) is 13.6 Å². The van der Waals surface area contributed by atoms with E-state index in [9.17, 15) is 13.6 Å². The van der Waals surface area contributed by atoms with Crippen LogP contribution in [0.1, 0.15) is 26.3 Å². The molecular weight excluding hydrogens is 432 g/mol. The fourth-order valence-corrected chi connectivity index (χ4v) is 3.50. The van der Waals surface area contributed by atoms with Gasteiger partial charge in [0, 0.05) is 30.8 Å². The zero-order chi connectivity index (χ0) is 23.9. The molecule has 0 aliphatic heterocycles. The fourth-order valence-electron chi connectivity index (χ4n) is 3.50. The first-order valence-electron chi connectivity index (χ1n) is 10.3. The van der Waals surface area contributed by atoms with E-state index >= 15 is 0 Å². The number of ether oxygens (including phenoxy) is 1. The van der Waals surface area contributed by atoms with Crippen LogP contribution in [0, 0.1) is 11.6 Å². The lowest BCUT2D eigenvalue weighted by Gasteiger charge is -2.19. The maximum absolute atomic E-state index is 14.8. The molecule has 0 fully saturated rings. The van der Waals surface area contributed by atoms with E-state index < -0.39 is 23.3 Å². The van der Waals surface area contributed by atoms with Gasteiger partial charge < -0.3 is 9.84 Å². The summed E-state index contributed by atoms with van der Waals surface area (Å²) < 4.78 is 37.7. The number of nitrogens with zero attached hydrogens (tertiary/aromatic N) is 5. The van der Waals surface area contributed by atoms with Crippen LogP contribution in [0.15, 0.2) is 36.8 Å². The fraction of sp³-hybridized carbons (Fsp3) is 0.304. The molecule has 0 bridgehead atoms. The highest BCUT2D eigenvalue weighted by molar-refractivity contribution is 5.98. The molecule has 0 saturated carbocycles. The molecule has 0 radical (unpaired) electrons. The summed E-state index contributed by atoms with van der Waals surface area (Å²) in [5.41, 5.74) is 0.657. The average molecular weight is 455 g/mol. The second-order valence-corrected chi connectivity index (χ2v) is 8.64. The molecule has 4 aromatic rings. The van der Waals surface area contributed by atoms with Crippen molar-refractivity contribution in [3.63, 3.8) is 0 Å². The average Bonchev–Trinajstić information content (AvgIpc) is 3.29. The summed E-state index contributed by atoms with van der Waals surface area (Å²) in [6.45, 7) is 4.99. The highest BCUT2D eigenvalue weighted by atomic mass is 19.1. The van der Waals surface area contributed by atoms with Crippen LogP contribution in [0.2, 0.25) is 0 Å². The van der Waals surface area contributed by atoms with E-state index in [1.165, 1.54) is 24.4 Å². The third-order valence-electron chi connectivity index (χ3n) is 4.87. The topological polar surface area (TPSA) is 95.1 Å². The summed E-state index contributed by atoms with van der Waals surface area (Å²) in [6, 6.07) is 3.83. The Hall–Kier alpha value is -3.66. The zero-order valence-corrected chi connectivity index (χ0v) is 18.6. The molecule has 33 heavy (non-hydrogen) atoms. The summed E-state index contributed by atoms with van der Waals surface area (Å²) in [6.07, 6.45) is 4.05. The molecule has 4 rings (SSSR count). The minimum Gasteiger partial charge on any atom is -0.442 e. The maximum Gasteiger partial charge on any atom is 0.435 e. The molecule has 0 unspecified atom stereocenters.